The summed E-state index contributed by atoms with van der Waals surface area (Å²) in [5.41, 5.74) is 6.56. The Balaban J connectivity index is 2.30. The van der Waals surface area contributed by atoms with Gasteiger partial charge in [0.2, 0.25) is 0 Å². The van der Waals surface area contributed by atoms with E-state index in [1.54, 1.807) is 6.92 Å². The lowest BCUT2D eigenvalue weighted by Gasteiger charge is -2.12. The SMILES string of the molecule is CC(=O)c1nn(-c2ccc(C)cc2C)c(-c2ccc(Cl)cc2)c1C. The van der Waals surface area contributed by atoms with Crippen LogP contribution in [0.5, 0.6) is 0 Å². The van der Waals surface area contributed by atoms with Gasteiger partial charge < -0.3 is 0 Å². The van der Waals surface area contributed by atoms with E-state index in [1.807, 2.05) is 41.9 Å². The second-order valence-corrected chi connectivity index (χ2v) is 6.52. The van der Waals surface area contributed by atoms with E-state index in [9.17, 15) is 4.79 Å². The number of ketones is 1. The van der Waals surface area contributed by atoms with Crippen LogP contribution in [0.3, 0.4) is 0 Å². The molecule has 0 amide bonds. The molecule has 0 fully saturated rings. The molecule has 3 rings (SSSR count). The lowest BCUT2D eigenvalue weighted by molar-refractivity contribution is 0.101. The summed E-state index contributed by atoms with van der Waals surface area (Å²) in [6.45, 7) is 7.60. The Morgan fingerprint density at radius 1 is 1.04 bits per heavy atom. The van der Waals surface area contributed by atoms with Crippen molar-refractivity contribution in [2.45, 2.75) is 27.7 Å². The monoisotopic (exact) mass is 338 g/mol. The highest BCUT2D eigenvalue weighted by molar-refractivity contribution is 6.30. The van der Waals surface area contributed by atoms with E-state index >= 15 is 0 Å². The molecule has 1 aromatic heterocycles. The number of aryl methyl sites for hydroxylation is 2. The van der Waals surface area contributed by atoms with Crippen molar-refractivity contribution >= 4 is 17.4 Å². The first kappa shape index (κ1) is 16.5. The Morgan fingerprint density at radius 2 is 1.71 bits per heavy atom. The zero-order valence-corrected chi connectivity index (χ0v) is 15.0. The summed E-state index contributed by atoms with van der Waals surface area (Å²) in [6, 6.07) is 13.8. The predicted molar refractivity (Wildman–Crippen MR) is 98.2 cm³/mol. The second kappa shape index (κ2) is 6.25. The molecule has 0 spiro atoms. The molecule has 0 bridgehead atoms. The summed E-state index contributed by atoms with van der Waals surface area (Å²) < 4.78 is 1.87. The summed E-state index contributed by atoms with van der Waals surface area (Å²) >= 11 is 6.02. The van der Waals surface area contributed by atoms with E-state index < -0.39 is 0 Å². The van der Waals surface area contributed by atoms with Gasteiger partial charge in [-0.15, -0.1) is 0 Å². The summed E-state index contributed by atoms with van der Waals surface area (Å²) in [5.74, 6) is -0.0359. The van der Waals surface area contributed by atoms with Crippen LogP contribution in [0.2, 0.25) is 5.02 Å². The first-order valence-electron chi connectivity index (χ1n) is 7.82. The number of carbonyl (C=O) groups is 1. The molecule has 0 aliphatic heterocycles. The number of carbonyl (C=O) groups excluding carboxylic acids is 1. The molecule has 0 aliphatic carbocycles. The molecule has 0 saturated carbocycles. The second-order valence-electron chi connectivity index (χ2n) is 6.09. The lowest BCUT2D eigenvalue weighted by atomic mass is 10.0. The van der Waals surface area contributed by atoms with Gasteiger partial charge in [0.1, 0.15) is 5.69 Å². The summed E-state index contributed by atoms with van der Waals surface area (Å²) in [4.78, 5) is 12.0. The number of Topliss-reactive ketones (excluding diaryl/α,β-unsaturated/α-hetero) is 1. The molecular formula is C20H19ClN2O. The van der Waals surface area contributed by atoms with Crippen molar-refractivity contribution < 1.29 is 4.79 Å². The van der Waals surface area contributed by atoms with Crippen molar-refractivity contribution in [3.63, 3.8) is 0 Å². The zero-order chi connectivity index (χ0) is 17.4. The van der Waals surface area contributed by atoms with Crippen molar-refractivity contribution in [3.8, 4) is 16.9 Å². The van der Waals surface area contributed by atoms with Gasteiger partial charge in [0.05, 0.1) is 11.4 Å². The van der Waals surface area contributed by atoms with Crippen LogP contribution in [0.15, 0.2) is 42.5 Å². The summed E-state index contributed by atoms with van der Waals surface area (Å²) in [6.07, 6.45) is 0. The Bertz CT molecular complexity index is 924. The minimum atomic E-state index is -0.0359. The minimum Gasteiger partial charge on any atom is -0.293 e. The van der Waals surface area contributed by atoms with Crippen LogP contribution in [0.1, 0.15) is 34.1 Å². The standard InChI is InChI=1S/C20H19ClN2O/c1-12-5-10-18(13(2)11-12)23-20(14(3)19(22-23)15(4)24)16-6-8-17(21)9-7-16/h5-11H,1-4H3. The van der Waals surface area contributed by atoms with Crippen LogP contribution in [0.25, 0.3) is 16.9 Å². The van der Waals surface area contributed by atoms with Gasteiger partial charge in [-0.25, -0.2) is 4.68 Å². The van der Waals surface area contributed by atoms with Crippen LogP contribution in [-0.4, -0.2) is 15.6 Å². The van der Waals surface area contributed by atoms with Crippen molar-refractivity contribution in [2.24, 2.45) is 0 Å². The quantitative estimate of drug-likeness (QED) is 0.606. The number of halogens is 1. The number of rotatable bonds is 3. The normalized spacial score (nSPS) is 10.9. The molecule has 0 saturated heterocycles. The molecule has 0 N–H and O–H groups in total. The van der Waals surface area contributed by atoms with Gasteiger partial charge in [0.15, 0.2) is 5.78 Å². The molecule has 0 radical (unpaired) electrons. The maximum Gasteiger partial charge on any atom is 0.180 e. The Kier molecular flexibility index (Phi) is 4.29. The summed E-state index contributed by atoms with van der Waals surface area (Å²) in [7, 11) is 0. The van der Waals surface area contributed by atoms with Crippen LogP contribution in [0.4, 0.5) is 0 Å². The average Bonchev–Trinajstić information content (AvgIpc) is 2.86. The average molecular weight is 339 g/mol. The maximum absolute atomic E-state index is 12.0. The number of benzene rings is 2. The van der Waals surface area contributed by atoms with Gasteiger partial charge in [0.25, 0.3) is 0 Å². The third-order valence-electron chi connectivity index (χ3n) is 4.15. The number of hydrogen-bond donors (Lipinski definition) is 0. The van der Waals surface area contributed by atoms with Crippen LogP contribution in [0, 0.1) is 20.8 Å². The van der Waals surface area contributed by atoms with E-state index in [-0.39, 0.29) is 5.78 Å². The smallest absolute Gasteiger partial charge is 0.180 e. The Hall–Kier alpha value is -2.39. The topological polar surface area (TPSA) is 34.9 Å². The van der Waals surface area contributed by atoms with Crippen molar-refractivity contribution in [1.82, 2.24) is 9.78 Å². The molecule has 0 aliphatic rings. The van der Waals surface area contributed by atoms with Gasteiger partial charge in [-0.05, 0) is 44.5 Å². The van der Waals surface area contributed by atoms with Crippen molar-refractivity contribution in [2.75, 3.05) is 0 Å². The van der Waals surface area contributed by atoms with E-state index in [1.165, 1.54) is 5.56 Å². The third-order valence-corrected chi connectivity index (χ3v) is 4.41. The van der Waals surface area contributed by atoms with Gasteiger partial charge in [-0.1, -0.05) is 41.4 Å². The molecule has 1 heterocycles. The van der Waals surface area contributed by atoms with Crippen LogP contribution < -0.4 is 0 Å². The fraction of sp³-hybridized carbons (Fsp3) is 0.200. The van der Waals surface area contributed by atoms with Gasteiger partial charge >= 0.3 is 0 Å². The summed E-state index contributed by atoms with van der Waals surface area (Å²) in [5, 5.41) is 5.28. The minimum absolute atomic E-state index is 0.0359. The fourth-order valence-corrected chi connectivity index (χ4v) is 3.12. The molecule has 0 unspecified atom stereocenters. The number of aromatic nitrogens is 2. The van der Waals surface area contributed by atoms with Gasteiger partial charge in [-0.3, -0.25) is 4.79 Å². The fourth-order valence-electron chi connectivity index (χ4n) is 2.99. The highest BCUT2D eigenvalue weighted by atomic mass is 35.5. The maximum atomic E-state index is 12.0. The van der Waals surface area contributed by atoms with Crippen molar-refractivity contribution in [3.05, 3.63) is 69.9 Å². The van der Waals surface area contributed by atoms with Crippen molar-refractivity contribution in [1.29, 1.82) is 0 Å². The Morgan fingerprint density at radius 3 is 2.29 bits per heavy atom. The zero-order valence-electron chi connectivity index (χ0n) is 14.2. The van der Waals surface area contributed by atoms with E-state index in [2.05, 4.69) is 31.1 Å². The van der Waals surface area contributed by atoms with Gasteiger partial charge in [-0.2, -0.15) is 5.10 Å². The molecule has 0 atom stereocenters. The number of nitrogens with zero attached hydrogens (tertiary/aromatic N) is 2. The molecule has 3 aromatic rings. The van der Waals surface area contributed by atoms with Gasteiger partial charge in [0, 0.05) is 23.1 Å². The lowest BCUT2D eigenvalue weighted by Crippen LogP contribution is -2.03. The molecule has 24 heavy (non-hydrogen) atoms. The molecule has 3 nitrogen and oxygen atoms in total. The predicted octanol–water partition coefficient (Wildman–Crippen LogP) is 5.32. The van der Waals surface area contributed by atoms with Crippen LogP contribution >= 0.6 is 11.6 Å². The number of hydrogen-bond acceptors (Lipinski definition) is 2. The largest absolute Gasteiger partial charge is 0.293 e. The van der Waals surface area contributed by atoms with E-state index in [0.29, 0.717) is 10.7 Å². The Labute approximate surface area is 146 Å². The molecule has 122 valence electrons. The molecule has 4 heteroatoms. The third kappa shape index (κ3) is 2.87. The van der Waals surface area contributed by atoms with E-state index in [0.717, 1.165) is 28.1 Å². The first-order chi connectivity index (χ1) is 11.4. The first-order valence-corrected chi connectivity index (χ1v) is 8.20. The molecular weight excluding hydrogens is 320 g/mol. The highest BCUT2D eigenvalue weighted by Crippen LogP contribution is 2.31. The molecule has 2 aromatic carbocycles. The highest BCUT2D eigenvalue weighted by Gasteiger charge is 2.20. The van der Waals surface area contributed by atoms with Crippen LogP contribution in [-0.2, 0) is 0 Å². The van der Waals surface area contributed by atoms with E-state index in [4.69, 9.17) is 11.6 Å².